The van der Waals surface area contributed by atoms with Gasteiger partial charge >= 0.3 is 0 Å². The fraction of sp³-hybridized carbons (Fsp3) is 0.750. The van der Waals surface area contributed by atoms with Gasteiger partial charge in [-0.3, -0.25) is 5.32 Å². The number of nitriles is 1. The van der Waals surface area contributed by atoms with E-state index >= 15 is 0 Å². The first-order valence-corrected chi connectivity index (χ1v) is 5.42. The van der Waals surface area contributed by atoms with Crippen LogP contribution >= 0.6 is 0 Å². The molecule has 3 atom stereocenters. The molecule has 0 aromatic heterocycles. The van der Waals surface area contributed by atoms with E-state index in [2.05, 4.69) is 31.8 Å². The molecular weight excluding hydrogens is 172 g/mol. The van der Waals surface area contributed by atoms with E-state index in [0.29, 0.717) is 11.8 Å². The third-order valence-electron chi connectivity index (χ3n) is 3.37. The molecule has 0 heterocycles. The molecule has 0 aliphatic heterocycles. The first-order valence-electron chi connectivity index (χ1n) is 5.42. The largest absolute Gasteiger partial charge is 0.296 e. The molecule has 0 bridgehead atoms. The summed E-state index contributed by atoms with van der Waals surface area (Å²) >= 11 is 0. The van der Waals surface area contributed by atoms with Crippen LogP contribution in [0.3, 0.4) is 0 Å². The van der Waals surface area contributed by atoms with Crippen LogP contribution in [-0.4, -0.2) is 12.1 Å². The standard InChI is InChI=1S/C12H20N2/c1-4-7-14-12(9-13)8-10(2)5-6-11(12)3/h4,10-11,14H,1,5-8H2,2-3H3. The van der Waals surface area contributed by atoms with Crippen LogP contribution in [0.4, 0.5) is 0 Å². The van der Waals surface area contributed by atoms with Crippen LogP contribution in [-0.2, 0) is 0 Å². The van der Waals surface area contributed by atoms with Crippen molar-refractivity contribution in [1.29, 1.82) is 5.26 Å². The molecule has 3 unspecified atom stereocenters. The van der Waals surface area contributed by atoms with Crippen molar-refractivity contribution >= 4 is 0 Å². The number of rotatable bonds is 3. The molecule has 1 N–H and O–H groups in total. The second-order valence-corrected chi connectivity index (χ2v) is 4.54. The van der Waals surface area contributed by atoms with Gasteiger partial charge in [0.2, 0.25) is 0 Å². The van der Waals surface area contributed by atoms with E-state index in [0.717, 1.165) is 19.4 Å². The minimum atomic E-state index is -0.314. The highest BCUT2D eigenvalue weighted by atomic mass is 15.0. The lowest BCUT2D eigenvalue weighted by Crippen LogP contribution is -2.52. The van der Waals surface area contributed by atoms with Gasteiger partial charge in [0, 0.05) is 6.54 Å². The number of hydrogen-bond donors (Lipinski definition) is 1. The van der Waals surface area contributed by atoms with Gasteiger partial charge in [0.1, 0.15) is 5.54 Å². The molecule has 78 valence electrons. The van der Waals surface area contributed by atoms with Crippen LogP contribution in [0, 0.1) is 23.2 Å². The SMILES string of the molecule is C=CCNC1(C#N)CC(C)CCC1C. The summed E-state index contributed by atoms with van der Waals surface area (Å²) in [5.41, 5.74) is -0.314. The van der Waals surface area contributed by atoms with Gasteiger partial charge in [-0.2, -0.15) is 5.26 Å². The van der Waals surface area contributed by atoms with Gasteiger partial charge in [0.15, 0.2) is 0 Å². The van der Waals surface area contributed by atoms with Crippen molar-refractivity contribution in [2.75, 3.05) is 6.54 Å². The van der Waals surface area contributed by atoms with E-state index in [-0.39, 0.29) is 5.54 Å². The predicted molar refractivity (Wildman–Crippen MR) is 58.7 cm³/mol. The molecule has 1 aliphatic rings. The second kappa shape index (κ2) is 4.61. The third-order valence-corrected chi connectivity index (χ3v) is 3.37. The Kier molecular flexibility index (Phi) is 3.71. The number of hydrogen-bond acceptors (Lipinski definition) is 2. The zero-order valence-electron chi connectivity index (χ0n) is 9.21. The summed E-state index contributed by atoms with van der Waals surface area (Å²) in [5.74, 6) is 1.10. The van der Waals surface area contributed by atoms with Crippen molar-refractivity contribution in [3.05, 3.63) is 12.7 Å². The smallest absolute Gasteiger partial charge is 0.109 e. The fourth-order valence-electron chi connectivity index (χ4n) is 2.33. The average Bonchev–Trinajstić information content (AvgIpc) is 2.20. The molecule has 1 rings (SSSR count). The Bertz CT molecular complexity index is 241. The summed E-state index contributed by atoms with van der Waals surface area (Å²) in [4.78, 5) is 0. The van der Waals surface area contributed by atoms with E-state index in [1.54, 1.807) is 0 Å². The topological polar surface area (TPSA) is 35.8 Å². The maximum atomic E-state index is 9.31. The number of nitrogens with zero attached hydrogens (tertiary/aromatic N) is 1. The van der Waals surface area contributed by atoms with E-state index in [9.17, 15) is 5.26 Å². The maximum absolute atomic E-state index is 9.31. The van der Waals surface area contributed by atoms with Crippen molar-refractivity contribution in [1.82, 2.24) is 5.32 Å². The van der Waals surface area contributed by atoms with Gasteiger partial charge in [-0.15, -0.1) is 6.58 Å². The minimum Gasteiger partial charge on any atom is -0.296 e. The monoisotopic (exact) mass is 192 g/mol. The Labute approximate surface area is 87.0 Å². The molecule has 0 saturated heterocycles. The average molecular weight is 192 g/mol. The molecule has 0 spiro atoms. The molecule has 2 nitrogen and oxygen atoms in total. The van der Waals surface area contributed by atoms with Gasteiger partial charge < -0.3 is 0 Å². The Morgan fingerprint density at radius 3 is 2.86 bits per heavy atom. The Balaban J connectivity index is 2.73. The summed E-state index contributed by atoms with van der Waals surface area (Å²) in [7, 11) is 0. The molecule has 0 aromatic carbocycles. The predicted octanol–water partition coefficient (Wildman–Crippen LogP) is 2.48. The van der Waals surface area contributed by atoms with Crippen LogP contribution < -0.4 is 5.32 Å². The zero-order chi connectivity index (χ0) is 10.6. The summed E-state index contributed by atoms with van der Waals surface area (Å²) in [6, 6.07) is 2.47. The van der Waals surface area contributed by atoms with Crippen molar-refractivity contribution in [2.24, 2.45) is 11.8 Å². The Hall–Kier alpha value is -0.810. The Morgan fingerprint density at radius 1 is 1.57 bits per heavy atom. The molecule has 0 amide bonds. The highest BCUT2D eigenvalue weighted by Gasteiger charge is 2.40. The molecule has 1 saturated carbocycles. The Morgan fingerprint density at radius 2 is 2.29 bits per heavy atom. The van der Waals surface area contributed by atoms with Crippen LogP contribution in [0.5, 0.6) is 0 Å². The molecule has 0 radical (unpaired) electrons. The summed E-state index contributed by atoms with van der Waals surface area (Å²) < 4.78 is 0. The van der Waals surface area contributed by atoms with E-state index < -0.39 is 0 Å². The summed E-state index contributed by atoms with van der Waals surface area (Å²) in [5, 5.41) is 12.6. The van der Waals surface area contributed by atoms with Crippen molar-refractivity contribution in [2.45, 2.75) is 38.6 Å². The highest BCUT2D eigenvalue weighted by molar-refractivity contribution is 5.13. The van der Waals surface area contributed by atoms with Gasteiger partial charge in [-0.05, 0) is 24.7 Å². The normalized spacial score (nSPS) is 37.5. The molecule has 2 heteroatoms. The van der Waals surface area contributed by atoms with E-state index in [1.165, 1.54) is 6.42 Å². The lowest BCUT2D eigenvalue weighted by molar-refractivity contribution is 0.175. The van der Waals surface area contributed by atoms with E-state index in [4.69, 9.17) is 0 Å². The van der Waals surface area contributed by atoms with Crippen LogP contribution in [0.15, 0.2) is 12.7 Å². The van der Waals surface area contributed by atoms with Gasteiger partial charge in [-0.25, -0.2) is 0 Å². The quantitative estimate of drug-likeness (QED) is 0.697. The van der Waals surface area contributed by atoms with Gasteiger partial charge in [0.25, 0.3) is 0 Å². The van der Waals surface area contributed by atoms with Crippen LogP contribution in [0.1, 0.15) is 33.1 Å². The zero-order valence-corrected chi connectivity index (χ0v) is 9.21. The highest BCUT2D eigenvalue weighted by Crippen LogP contribution is 2.36. The molecular formula is C12H20N2. The van der Waals surface area contributed by atoms with Crippen molar-refractivity contribution in [3.8, 4) is 6.07 Å². The molecule has 14 heavy (non-hydrogen) atoms. The second-order valence-electron chi connectivity index (χ2n) is 4.54. The first-order chi connectivity index (χ1) is 6.64. The summed E-state index contributed by atoms with van der Waals surface area (Å²) in [6.45, 7) is 8.81. The molecule has 0 aromatic rings. The lowest BCUT2D eigenvalue weighted by atomic mass is 9.70. The molecule has 1 fully saturated rings. The third kappa shape index (κ3) is 2.16. The van der Waals surface area contributed by atoms with E-state index in [1.807, 2.05) is 6.08 Å². The van der Waals surface area contributed by atoms with Crippen LogP contribution in [0.25, 0.3) is 0 Å². The van der Waals surface area contributed by atoms with Gasteiger partial charge in [0.05, 0.1) is 6.07 Å². The van der Waals surface area contributed by atoms with Gasteiger partial charge in [-0.1, -0.05) is 26.3 Å². The maximum Gasteiger partial charge on any atom is 0.109 e. The lowest BCUT2D eigenvalue weighted by Gasteiger charge is -2.40. The summed E-state index contributed by atoms with van der Waals surface area (Å²) in [6.07, 6.45) is 5.20. The number of nitrogens with one attached hydrogen (secondary N) is 1. The first kappa shape index (κ1) is 11.3. The van der Waals surface area contributed by atoms with Crippen molar-refractivity contribution < 1.29 is 0 Å². The molecule has 1 aliphatic carbocycles. The fourth-order valence-corrected chi connectivity index (χ4v) is 2.33. The van der Waals surface area contributed by atoms with Crippen molar-refractivity contribution in [3.63, 3.8) is 0 Å². The minimum absolute atomic E-state index is 0.314. The van der Waals surface area contributed by atoms with Crippen LogP contribution in [0.2, 0.25) is 0 Å².